The molecule has 2 aliphatic carbocycles. The predicted molar refractivity (Wildman–Crippen MR) is 80.5 cm³/mol. The summed E-state index contributed by atoms with van der Waals surface area (Å²) in [5.41, 5.74) is 1.29. The van der Waals surface area contributed by atoms with Crippen molar-refractivity contribution < 1.29 is 4.74 Å². The molecule has 0 unspecified atom stereocenters. The molecule has 2 aliphatic rings. The number of hydrogen-bond acceptors (Lipinski definition) is 1. The van der Waals surface area contributed by atoms with E-state index in [9.17, 15) is 0 Å². The normalized spacial score (nSPS) is 31.4. The van der Waals surface area contributed by atoms with Crippen LogP contribution < -0.4 is 0 Å². The maximum Gasteiger partial charge on any atom is 0.115 e. The van der Waals surface area contributed by atoms with Crippen molar-refractivity contribution in [3.63, 3.8) is 0 Å². The van der Waals surface area contributed by atoms with Gasteiger partial charge in [-0.3, -0.25) is 0 Å². The van der Waals surface area contributed by atoms with Gasteiger partial charge in [-0.15, -0.1) is 0 Å². The van der Waals surface area contributed by atoms with Crippen LogP contribution in [-0.4, -0.2) is 6.10 Å². The lowest BCUT2D eigenvalue weighted by molar-refractivity contribution is 0.0269. The van der Waals surface area contributed by atoms with Gasteiger partial charge in [0.1, 0.15) is 12.2 Å². The van der Waals surface area contributed by atoms with E-state index < -0.39 is 0 Å². The smallest absolute Gasteiger partial charge is 0.115 e. The van der Waals surface area contributed by atoms with Crippen LogP contribution in [0, 0.1) is 29.8 Å². The van der Waals surface area contributed by atoms with Crippen molar-refractivity contribution in [3.05, 3.63) is 11.6 Å². The SMILES string of the molecule is CC(C)[C@@H]1C[C@@H](C)CC[C@H]1OC#CC1=CCCCC1. The molecule has 0 aromatic heterocycles. The second kappa shape index (κ2) is 7.04. The summed E-state index contributed by atoms with van der Waals surface area (Å²) in [6.07, 6.45) is 14.4. The van der Waals surface area contributed by atoms with Crippen LogP contribution in [0.4, 0.5) is 0 Å². The summed E-state index contributed by atoms with van der Waals surface area (Å²) in [5, 5.41) is 0. The first-order chi connectivity index (χ1) is 9.16. The maximum atomic E-state index is 5.91. The van der Waals surface area contributed by atoms with Crippen molar-refractivity contribution in [1.29, 1.82) is 0 Å². The Morgan fingerprint density at radius 1 is 1.26 bits per heavy atom. The third kappa shape index (κ3) is 4.30. The Balaban J connectivity index is 1.90. The minimum Gasteiger partial charge on any atom is -0.443 e. The molecule has 1 heteroatoms. The number of hydrogen-bond donors (Lipinski definition) is 0. The molecule has 0 spiro atoms. The highest BCUT2D eigenvalue weighted by atomic mass is 16.5. The van der Waals surface area contributed by atoms with Crippen molar-refractivity contribution in [2.24, 2.45) is 17.8 Å². The minimum atomic E-state index is 0.355. The van der Waals surface area contributed by atoms with Gasteiger partial charge in [-0.2, -0.15) is 0 Å². The zero-order valence-corrected chi connectivity index (χ0v) is 12.7. The van der Waals surface area contributed by atoms with Gasteiger partial charge in [0.15, 0.2) is 0 Å². The van der Waals surface area contributed by atoms with Crippen molar-refractivity contribution in [1.82, 2.24) is 0 Å². The van der Waals surface area contributed by atoms with Gasteiger partial charge in [-0.1, -0.05) is 26.8 Å². The molecule has 1 saturated carbocycles. The van der Waals surface area contributed by atoms with E-state index in [4.69, 9.17) is 4.74 Å². The van der Waals surface area contributed by atoms with Crippen LogP contribution in [-0.2, 0) is 4.74 Å². The molecule has 0 heterocycles. The topological polar surface area (TPSA) is 9.23 Å². The van der Waals surface area contributed by atoms with Crippen molar-refractivity contribution in [2.45, 2.75) is 71.8 Å². The van der Waals surface area contributed by atoms with Crippen LogP contribution in [0.2, 0.25) is 0 Å². The van der Waals surface area contributed by atoms with Crippen LogP contribution >= 0.6 is 0 Å². The van der Waals surface area contributed by atoms with E-state index in [1.807, 2.05) is 0 Å². The van der Waals surface area contributed by atoms with Gasteiger partial charge in [0.2, 0.25) is 0 Å². The van der Waals surface area contributed by atoms with Gasteiger partial charge in [0, 0.05) is 5.57 Å². The highest BCUT2D eigenvalue weighted by Crippen LogP contribution is 2.35. The molecule has 0 saturated heterocycles. The molecule has 19 heavy (non-hydrogen) atoms. The third-order valence-corrected chi connectivity index (χ3v) is 4.67. The van der Waals surface area contributed by atoms with Gasteiger partial charge in [-0.05, 0) is 68.6 Å². The molecule has 0 amide bonds. The van der Waals surface area contributed by atoms with E-state index in [0.717, 1.165) is 12.3 Å². The molecule has 0 aromatic rings. The molecule has 0 radical (unpaired) electrons. The lowest BCUT2D eigenvalue weighted by atomic mass is 9.75. The van der Waals surface area contributed by atoms with E-state index in [1.54, 1.807) is 0 Å². The number of allylic oxidation sites excluding steroid dienone is 2. The molecule has 3 atom stereocenters. The molecule has 1 fully saturated rings. The second-order valence-electron chi connectivity index (χ2n) is 6.68. The Morgan fingerprint density at radius 3 is 2.79 bits per heavy atom. The van der Waals surface area contributed by atoms with Crippen LogP contribution in [0.15, 0.2) is 11.6 Å². The molecular weight excluding hydrogens is 232 g/mol. The zero-order valence-electron chi connectivity index (χ0n) is 12.7. The summed E-state index contributed by atoms with van der Waals surface area (Å²) in [4.78, 5) is 0. The minimum absolute atomic E-state index is 0.355. The van der Waals surface area contributed by atoms with Crippen LogP contribution in [0.5, 0.6) is 0 Å². The summed E-state index contributed by atoms with van der Waals surface area (Å²) < 4.78 is 5.91. The first-order valence-electron chi connectivity index (χ1n) is 8.02. The first-order valence-corrected chi connectivity index (χ1v) is 8.02. The Hall–Kier alpha value is -0.900. The van der Waals surface area contributed by atoms with E-state index in [0.29, 0.717) is 17.9 Å². The zero-order chi connectivity index (χ0) is 13.7. The van der Waals surface area contributed by atoms with Gasteiger partial charge < -0.3 is 4.74 Å². The fraction of sp³-hybridized carbons (Fsp3) is 0.778. The Bertz CT molecular complexity index is 369. The standard InChI is InChI=1S/C18H28O/c1-14(2)17-13-15(3)9-10-18(17)19-12-11-16-7-5-4-6-8-16/h7,14-15,17-18H,4-6,8-10,13H2,1-3H3/t15-,17-,18+/m0/s1. The summed E-state index contributed by atoms with van der Waals surface area (Å²) in [5.74, 6) is 5.45. The van der Waals surface area contributed by atoms with E-state index in [2.05, 4.69) is 38.9 Å². The van der Waals surface area contributed by atoms with Crippen molar-refractivity contribution in [2.75, 3.05) is 0 Å². The Kier molecular flexibility index (Phi) is 5.37. The lowest BCUT2D eigenvalue weighted by Crippen LogP contribution is -2.33. The average Bonchev–Trinajstić information content (AvgIpc) is 2.41. The second-order valence-corrected chi connectivity index (χ2v) is 6.68. The predicted octanol–water partition coefficient (Wildman–Crippen LogP) is 4.93. The molecule has 0 aliphatic heterocycles. The van der Waals surface area contributed by atoms with Gasteiger partial charge in [0.05, 0.1) is 0 Å². The Morgan fingerprint density at radius 2 is 2.11 bits per heavy atom. The Labute approximate surface area is 118 Å². The number of rotatable bonds is 2. The van der Waals surface area contributed by atoms with Gasteiger partial charge in [0.25, 0.3) is 0 Å². The molecule has 0 aromatic carbocycles. The van der Waals surface area contributed by atoms with Crippen molar-refractivity contribution in [3.8, 4) is 12.0 Å². The van der Waals surface area contributed by atoms with Gasteiger partial charge in [-0.25, -0.2) is 0 Å². The van der Waals surface area contributed by atoms with Crippen LogP contribution in [0.25, 0.3) is 0 Å². The summed E-state index contributed by atoms with van der Waals surface area (Å²) in [7, 11) is 0. The molecule has 106 valence electrons. The molecule has 0 bridgehead atoms. The van der Waals surface area contributed by atoms with Crippen LogP contribution in [0.1, 0.15) is 65.7 Å². The molecular formula is C18H28O. The largest absolute Gasteiger partial charge is 0.443 e. The van der Waals surface area contributed by atoms with E-state index in [-0.39, 0.29) is 0 Å². The summed E-state index contributed by atoms with van der Waals surface area (Å²) in [6.45, 7) is 7.00. The monoisotopic (exact) mass is 260 g/mol. The molecule has 1 nitrogen and oxygen atoms in total. The summed E-state index contributed by atoms with van der Waals surface area (Å²) >= 11 is 0. The average molecular weight is 260 g/mol. The quantitative estimate of drug-likeness (QED) is 0.640. The highest BCUT2D eigenvalue weighted by molar-refractivity contribution is 5.28. The highest BCUT2D eigenvalue weighted by Gasteiger charge is 2.31. The first kappa shape index (κ1) is 14.5. The molecule has 0 N–H and O–H groups in total. The number of ether oxygens (including phenoxy) is 1. The fourth-order valence-electron chi connectivity index (χ4n) is 3.37. The van der Waals surface area contributed by atoms with Gasteiger partial charge >= 0.3 is 0 Å². The van der Waals surface area contributed by atoms with E-state index in [1.165, 1.54) is 44.1 Å². The van der Waals surface area contributed by atoms with E-state index >= 15 is 0 Å². The fourth-order valence-corrected chi connectivity index (χ4v) is 3.37. The third-order valence-electron chi connectivity index (χ3n) is 4.67. The summed E-state index contributed by atoms with van der Waals surface area (Å²) in [6, 6.07) is 0. The lowest BCUT2D eigenvalue weighted by Gasteiger charge is -2.35. The maximum absolute atomic E-state index is 5.91. The molecule has 2 rings (SSSR count). The van der Waals surface area contributed by atoms with Crippen molar-refractivity contribution >= 4 is 0 Å². The van der Waals surface area contributed by atoms with Crippen LogP contribution in [0.3, 0.4) is 0 Å².